The van der Waals surface area contributed by atoms with Crippen molar-refractivity contribution in [3.8, 4) is 22.8 Å². The van der Waals surface area contributed by atoms with E-state index in [0.717, 1.165) is 39.5 Å². The van der Waals surface area contributed by atoms with Crippen LogP contribution in [0.15, 0.2) is 42.9 Å². The van der Waals surface area contributed by atoms with Crippen molar-refractivity contribution in [1.82, 2.24) is 19.3 Å². The smallest absolute Gasteiger partial charge is 0.338 e. The molecule has 4 rings (SSSR count). The molecule has 0 amide bonds. The lowest BCUT2D eigenvalue weighted by Gasteiger charge is -2.16. The van der Waals surface area contributed by atoms with Crippen molar-refractivity contribution in [3.63, 3.8) is 0 Å². The number of fused-ring (bicyclic) bond motifs is 1. The number of hydrogen-bond acceptors (Lipinski definition) is 6. The average molecular weight is 521 g/mol. The molecule has 0 fully saturated rings. The number of pyridine rings is 1. The van der Waals surface area contributed by atoms with Gasteiger partial charge in [0.15, 0.2) is 0 Å². The summed E-state index contributed by atoms with van der Waals surface area (Å²) >= 11 is 0. The van der Waals surface area contributed by atoms with E-state index in [4.69, 9.17) is 19.2 Å². The zero-order chi connectivity index (χ0) is 26.7. The maximum Gasteiger partial charge on any atom is 0.338 e. The van der Waals surface area contributed by atoms with Crippen molar-refractivity contribution in [2.75, 3.05) is 13.2 Å². The molecule has 0 N–H and O–H groups in total. The van der Waals surface area contributed by atoms with Gasteiger partial charge < -0.3 is 18.8 Å². The van der Waals surface area contributed by atoms with Gasteiger partial charge in [-0.3, -0.25) is 4.68 Å². The number of rotatable bonds is 10. The molecule has 4 aromatic rings. The second-order valence-electron chi connectivity index (χ2n) is 10.4. The van der Waals surface area contributed by atoms with Gasteiger partial charge in [0.2, 0.25) is 0 Å². The number of ether oxygens (including phenoxy) is 3. The second kappa shape index (κ2) is 10.9. The van der Waals surface area contributed by atoms with E-state index in [0.29, 0.717) is 37.0 Å². The quantitative estimate of drug-likeness (QED) is 0.138. The molecule has 9 heteroatoms. The van der Waals surface area contributed by atoms with E-state index < -0.39 is 8.07 Å². The number of carbonyl (C=O) groups is 1. The van der Waals surface area contributed by atoms with Crippen LogP contribution in [0.5, 0.6) is 11.5 Å². The topological polar surface area (TPSA) is 80.4 Å². The van der Waals surface area contributed by atoms with Crippen LogP contribution in [0.25, 0.3) is 22.3 Å². The van der Waals surface area contributed by atoms with Crippen LogP contribution in [0.4, 0.5) is 0 Å². The molecule has 1 aromatic carbocycles. The molecule has 0 atom stereocenters. The molecular formula is C28H36N4O4Si. The molecule has 0 saturated carbocycles. The number of aryl methyl sites for hydroxylation is 2. The van der Waals surface area contributed by atoms with Gasteiger partial charge in [-0.1, -0.05) is 25.7 Å². The Balaban J connectivity index is 1.77. The van der Waals surface area contributed by atoms with Gasteiger partial charge in [0, 0.05) is 45.2 Å². The zero-order valence-corrected chi connectivity index (χ0v) is 23.8. The van der Waals surface area contributed by atoms with Gasteiger partial charge in [-0.25, -0.2) is 9.78 Å². The van der Waals surface area contributed by atoms with Crippen molar-refractivity contribution in [3.05, 3.63) is 59.5 Å². The lowest BCUT2D eigenvalue weighted by Crippen LogP contribution is -2.22. The Labute approximate surface area is 219 Å². The van der Waals surface area contributed by atoms with Crippen molar-refractivity contribution in [2.45, 2.75) is 53.2 Å². The van der Waals surface area contributed by atoms with Gasteiger partial charge in [0.1, 0.15) is 23.9 Å². The third-order valence-electron chi connectivity index (χ3n) is 6.34. The van der Waals surface area contributed by atoms with Gasteiger partial charge in [-0.05, 0) is 50.6 Å². The SMILES string of the molecule is CCOC(=O)c1cccc(Oc2ccnc3c2c(C)c(-c2cnn(C)c2)n3COCC[Si](C)(C)C)c1C. The summed E-state index contributed by atoms with van der Waals surface area (Å²) in [7, 11) is 0.695. The van der Waals surface area contributed by atoms with Crippen LogP contribution in [0.3, 0.4) is 0 Å². The minimum Gasteiger partial charge on any atom is -0.462 e. The highest BCUT2D eigenvalue weighted by atomic mass is 28.3. The van der Waals surface area contributed by atoms with Crippen LogP contribution in [-0.4, -0.2) is 46.6 Å². The maximum absolute atomic E-state index is 12.4. The molecule has 196 valence electrons. The molecule has 0 aliphatic heterocycles. The van der Waals surface area contributed by atoms with E-state index in [1.807, 2.05) is 38.5 Å². The summed E-state index contributed by atoms with van der Waals surface area (Å²) in [6, 6.07) is 8.36. The fraction of sp³-hybridized carbons (Fsp3) is 0.393. The molecule has 0 aliphatic rings. The van der Waals surface area contributed by atoms with Gasteiger partial charge in [0.25, 0.3) is 0 Å². The fourth-order valence-electron chi connectivity index (χ4n) is 4.35. The lowest BCUT2D eigenvalue weighted by molar-refractivity contribution is 0.0525. The number of aromatic nitrogens is 4. The molecule has 0 saturated heterocycles. The first-order valence-corrected chi connectivity index (χ1v) is 16.3. The van der Waals surface area contributed by atoms with Gasteiger partial charge in [-0.2, -0.15) is 5.10 Å². The van der Waals surface area contributed by atoms with E-state index >= 15 is 0 Å². The van der Waals surface area contributed by atoms with E-state index in [1.54, 1.807) is 29.9 Å². The number of benzene rings is 1. The molecule has 0 bridgehead atoms. The first kappa shape index (κ1) is 26.6. The Morgan fingerprint density at radius 3 is 2.54 bits per heavy atom. The number of carbonyl (C=O) groups excluding carboxylic acids is 1. The van der Waals surface area contributed by atoms with E-state index in [2.05, 4.69) is 36.2 Å². The lowest BCUT2D eigenvalue weighted by atomic mass is 10.1. The number of hydrogen-bond donors (Lipinski definition) is 0. The van der Waals surface area contributed by atoms with Gasteiger partial charge in [-0.15, -0.1) is 0 Å². The number of esters is 1. The van der Waals surface area contributed by atoms with E-state index in [9.17, 15) is 4.79 Å². The molecule has 0 spiro atoms. The third kappa shape index (κ3) is 5.78. The Morgan fingerprint density at radius 1 is 1.08 bits per heavy atom. The highest BCUT2D eigenvalue weighted by molar-refractivity contribution is 6.76. The largest absolute Gasteiger partial charge is 0.462 e. The summed E-state index contributed by atoms with van der Waals surface area (Å²) in [5.41, 5.74) is 5.01. The second-order valence-corrected chi connectivity index (χ2v) is 16.0. The highest BCUT2D eigenvalue weighted by Gasteiger charge is 2.23. The molecule has 0 radical (unpaired) electrons. The minimum absolute atomic E-state index is 0.318. The average Bonchev–Trinajstić information content (AvgIpc) is 3.38. The standard InChI is InChI=1S/C28H36N4O4Si/c1-8-35-28(33)22-10-9-11-23(19(22)2)36-24-12-13-29-27-25(24)20(3)26(21-16-30-31(4)17-21)32(27)18-34-14-15-37(5,6)7/h9-13,16-17H,8,14-15,18H2,1-7H3. The van der Waals surface area contributed by atoms with Crippen molar-refractivity contribution >= 4 is 25.1 Å². The Kier molecular flexibility index (Phi) is 7.84. The minimum atomic E-state index is -1.21. The Hall–Kier alpha value is -3.43. The van der Waals surface area contributed by atoms with Crippen molar-refractivity contribution in [2.24, 2.45) is 7.05 Å². The van der Waals surface area contributed by atoms with Crippen LogP contribution < -0.4 is 4.74 Å². The molecule has 3 aromatic heterocycles. The molecule has 3 heterocycles. The van der Waals surface area contributed by atoms with Crippen LogP contribution in [0.1, 0.15) is 28.4 Å². The first-order chi connectivity index (χ1) is 17.6. The normalized spacial score (nSPS) is 11.8. The number of nitrogens with zero attached hydrogens (tertiary/aromatic N) is 4. The molecular weight excluding hydrogens is 484 g/mol. The molecule has 0 unspecified atom stereocenters. The highest BCUT2D eigenvalue weighted by Crippen LogP contribution is 2.39. The first-order valence-electron chi connectivity index (χ1n) is 12.6. The predicted molar refractivity (Wildman–Crippen MR) is 148 cm³/mol. The summed E-state index contributed by atoms with van der Waals surface area (Å²) in [4.78, 5) is 17.1. The van der Waals surface area contributed by atoms with Gasteiger partial charge in [0.05, 0.1) is 29.4 Å². The van der Waals surface area contributed by atoms with Crippen LogP contribution >= 0.6 is 0 Å². The summed E-state index contributed by atoms with van der Waals surface area (Å²) in [5, 5.41) is 5.29. The Morgan fingerprint density at radius 2 is 1.86 bits per heavy atom. The van der Waals surface area contributed by atoms with Crippen LogP contribution in [0, 0.1) is 13.8 Å². The summed E-state index contributed by atoms with van der Waals surface area (Å²) in [6.07, 6.45) is 5.59. The molecule has 37 heavy (non-hydrogen) atoms. The summed E-state index contributed by atoms with van der Waals surface area (Å²) in [5.74, 6) is 0.902. The van der Waals surface area contributed by atoms with Gasteiger partial charge >= 0.3 is 5.97 Å². The molecule has 8 nitrogen and oxygen atoms in total. The Bertz CT molecular complexity index is 1420. The van der Waals surface area contributed by atoms with E-state index in [1.165, 1.54) is 0 Å². The predicted octanol–water partition coefficient (Wildman–Crippen LogP) is 6.33. The monoisotopic (exact) mass is 520 g/mol. The third-order valence-corrected chi connectivity index (χ3v) is 8.05. The van der Waals surface area contributed by atoms with Crippen molar-refractivity contribution in [1.29, 1.82) is 0 Å². The zero-order valence-electron chi connectivity index (χ0n) is 22.8. The summed E-state index contributed by atoms with van der Waals surface area (Å²) < 4.78 is 21.7. The summed E-state index contributed by atoms with van der Waals surface area (Å²) in [6.45, 7) is 14.2. The maximum atomic E-state index is 12.4. The van der Waals surface area contributed by atoms with Crippen molar-refractivity contribution < 1.29 is 19.0 Å². The molecule has 0 aliphatic carbocycles. The van der Waals surface area contributed by atoms with E-state index in [-0.39, 0.29) is 5.97 Å². The fourth-order valence-corrected chi connectivity index (χ4v) is 5.11. The van der Waals surface area contributed by atoms with Crippen LogP contribution in [-0.2, 0) is 23.3 Å². The van der Waals surface area contributed by atoms with Crippen LogP contribution in [0.2, 0.25) is 25.7 Å².